The van der Waals surface area contributed by atoms with Crippen LogP contribution in [0.3, 0.4) is 0 Å². The standard InChI is InChI=1S/C33H27BrClN3O4S/c1-4-42-32(40)29-19(2)36-33-38(30(29)21-11-14-27(41-3)25(34)15-21)31(39)28(43-33)16-22-18-37(26-8-6-5-7-24(22)26)17-20-9-12-23(35)13-10-20/h5-16,18,30H,4,17H2,1-3H3/b28-16+/t30-/m1/s1. The van der Waals surface area contributed by atoms with Gasteiger partial charge in [0.05, 0.1) is 40.0 Å². The van der Waals surface area contributed by atoms with E-state index in [0.717, 1.165) is 27.6 Å². The Morgan fingerprint density at radius 3 is 2.63 bits per heavy atom. The highest BCUT2D eigenvalue weighted by atomic mass is 79.9. The molecule has 43 heavy (non-hydrogen) atoms. The van der Waals surface area contributed by atoms with Crippen LogP contribution in [0, 0.1) is 0 Å². The molecule has 0 bridgehead atoms. The van der Waals surface area contributed by atoms with Gasteiger partial charge in [-0.2, -0.15) is 0 Å². The van der Waals surface area contributed by atoms with Crippen LogP contribution in [0.25, 0.3) is 17.0 Å². The van der Waals surface area contributed by atoms with Crippen LogP contribution in [0.1, 0.15) is 36.6 Å². The number of hydrogen-bond acceptors (Lipinski definition) is 6. The number of ether oxygens (including phenoxy) is 2. The zero-order valence-corrected chi connectivity index (χ0v) is 26.8. The second-order valence-corrected chi connectivity index (χ2v) is 12.4. The normalized spacial score (nSPS) is 15.0. The van der Waals surface area contributed by atoms with Gasteiger partial charge in [0, 0.05) is 34.2 Å². The van der Waals surface area contributed by atoms with Crippen molar-refractivity contribution in [2.24, 2.45) is 4.99 Å². The number of hydrogen-bond donors (Lipinski definition) is 0. The number of thiazole rings is 1. The molecule has 0 N–H and O–H groups in total. The monoisotopic (exact) mass is 675 g/mol. The topological polar surface area (TPSA) is 74.8 Å². The van der Waals surface area contributed by atoms with E-state index in [1.807, 2.05) is 60.7 Å². The Hall–Kier alpha value is -3.92. The first-order valence-electron chi connectivity index (χ1n) is 13.6. The molecule has 0 saturated heterocycles. The lowest BCUT2D eigenvalue weighted by molar-refractivity contribution is -0.139. The van der Waals surface area contributed by atoms with Gasteiger partial charge in [0.25, 0.3) is 5.56 Å². The van der Waals surface area contributed by atoms with Gasteiger partial charge in [0.1, 0.15) is 5.75 Å². The molecule has 0 saturated carbocycles. The maximum Gasteiger partial charge on any atom is 0.338 e. The minimum atomic E-state index is -0.717. The molecule has 10 heteroatoms. The molecule has 218 valence electrons. The van der Waals surface area contributed by atoms with Gasteiger partial charge in [0.2, 0.25) is 0 Å². The summed E-state index contributed by atoms with van der Waals surface area (Å²) in [6, 6.07) is 20.7. The predicted octanol–water partition coefficient (Wildman–Crippen LogP) is 6.23. The first-order chi connectivity index (χ1) is 20.8. The number of methoxy groups -OCH3 is 1. The van der Waals surface area contributed by atoms with E-state index in [0.29, 0.717) is 42.4 Å². The van der Waals surface area contributed by atoms with Crippen LogP contribution in [-0.2, 0) is 16.1 Å². The molecular weight excluding hydrogens is 650 g/mol. The second-order valence-electron chi connectivity index (χ2n) is 10.1. The summed E-state index contributed by atoms with van der Waals surface area (Å²) < 4.78 is 15.8. The van der Waals surface area contributed by atoms with E-state index in [1.54, 1.807) is 25.5 Å². The van der Waals surface area contributed by atoms with Gasteiger partial charge in [-0.1, -0.05) is 59.3 Å². The number of carbonyl (C=O) groups is 1. The van der Waals surface area contributed by atoms with E-state index >= 15 is 0 Å². The van der Waals surface area contributed by atoms with Crippen LogP contribution >= 0.6 is 38.9 Å². The van der Waals surface area contributed by atoms with Gasteiger partial charge in [-0.25, -0.2) is 9.79 Å². The minimum Gasteiger partial charge on any atom is -0.496 e. The van der Waals surface area contributed by atoms with E-state index in [2.05, 4.69) is 38.8 Å². The summed E-state index contributed by atoms with van der Waals surface area (Å²) in [6.07, 6.45) is 3.97. The maximum absolute atomic E-state index is 14.2. The van der Waals surface area contributed by atoms with E-state index < -0.39 is 12.0 Å². The summed E-state index contributed by atoms with van der Waals surface area (Å²) in [6.45, 7) is 4.39. The lowest BCUT2D eigenvalue weighted by Crippen LogP contribution is -2.39. The van der Waals surface area contributed by atoms with Crippen molar-refractivity contribution in [2.45, 2.75) is 26.4 Å². The van der Waals surface area contributed by atoms with Crippen LogP contribution in [-0.4, -0.2) is 28.8 Å². The van der Waals surface area contributed by atoms with E-state index in [-0.39, 0.29) is 12.2 Å². The summed E-state index contributed by atoms with van der Waals surface area (Å²) in [5, 5.41) is 1.72. The van der Waals surface area contributed by atoms with Crippen LogP contribution in [0.4, 0.5) is 0 Å². The Morgan fingerprint density at radius 2 is 1.91 bits per heavy atom. The molecule has 0 fully saturated rings. The van der Waals surface area contributed by atoms with Crippen molar-refractivity contribution >= 4 is 61.8 Å². The minimum absolute atomic E-state index is 0.207. The van der Waals surface area contributed by atoms with Gasteiger partial charge >= 0.3 is 5.97 Å². The molecule has 0 spiro atoms. The zero-order valence-electron chi connectivity index (χ0n) is 23.6. The van der Waals surface area contributed by atoms with Gasteiger partial charge in [-0.3, -0.25) is 9.36 Å². The first kappa shape index (κ1) is 29.2. The number of nitrogens with zero attached hydrogens (tertiary/aromatic N) is 3. The SMILES string of the molecule is CCOC(=O)C1=C(C)N=c2s/c(=C/c3cn(Cc4ccc(Cl)cc4)c4ccccc34)c(=O)n2[C@@H]1c1ccc(OC)c(Br)c1. The first-order valence-corrected chi connectivity index (χ1v) is 15.6. The zero-order chi connectivity index (χ0) is 30.2. The largest absolute Gasteiger partial charge is 0.496 e. The van der Waals surface area contributed by atoms with Crippen molar-refractivity contribution < 1.29 is 14.3 Å². The molecule has 0 amide bonds. The summed E-state index contributed by atoms with van der Waals surface area (Å²) >= 11 is 11.0. The maximum atomic E-state index is 14.2. The second kappa shape index (κ2) is 12.0. The highest BCUT2D eigenvalue weighted by Gasteiger charge is 2.33. The fourth-order valence-electron chi connectivity index (χ4n) is 5.41. The molecule has 1 aliphatic rings. The van der Waals surface area contributed by atoms with Crippen molar-refractivity contribution in [3.05, 3.63) is 130 Å². The van der Waals surface area contributed by atoms with Crippen LogP contribution in [0.2, 0.25) is 5.02 Å². The Bertz CT molecular complexity index is 2090. The number of rotatable bonds is 7. The third-order valence-electron chi connectivity index (χ3n) is 7.38. The van der Waals surface area contributed by atoms with E-state index in [4.69, 9.17) is 26.1 Å². The lowest BCUT2D eigenvalue weighted by atomic mass is 9.96. The molecule has 1 aliphatic heterocycles. The molecule has 6 rings (SSSR count). The van der Waals surface area contributed by atoms with Crippen molar-refractivity contribution in [3.63, 3.8) is 0 Å². The fourth-order valence-corrected chi connectivity index (χ4v) is 7.13. The lowest BCUT2D eigenvalue weighted by Gasteiger charge is -2.25. The molecule has 0 radical (unpaired) electrons. The van der Waals surface area contributed by atoms with Gasteiger partial charge in [-0.15, -0.1) is 0 Å². The van der Waals surface area contributed by atoms with Gasteiger partial charge in [0.15, 0.2) is 4.80 Å². The molecule has 5 aromatic rings. The smallest absolute Gasteiger partial charge is 0.338 e. The van der Waals surface area contributed by atoms with Crippen molar-refractivity contribution in [1.29, 1.82) is 0 Å². The highest BCUT2D eigenvalue weighted by molar-refractivity contribution is 9.10. The third kappa shape index (κ3) is 5.48. The summed E-state index contributed by atoms with van der Waals surface area (Å²) in [7, 11) is 1.59. The number of carbonyl (C=O) groups excluding carboxylic acids is 1. The van der Waals surface area contributed by atoms with Crippen LogP contribution in [0.5, 0.6) is 5.75 Å². The average Bonchev–Trinajstić information content (AvgIpc) is 3.49. The fraction of sp³-hybridized carbons (Fsp3) is 0.182. The molecule has 2 aromatic heterocycles. The van der Waals surface area contributed by atoms with Gasteiger partial charge < -0.3 is 14.0 Å². The highest BCUT2D eigenvalue weighted by Crippen LogP contribution is 2.35. The molecule has 7 nitrogen and oxygen atoms in total. The number of allylic oxidation sites excluding steroid dienone is 1. The quantitative estimate of drug-likeness (QED) is 0.192. The molecule has 3 aromatic carbocycles. The number of aromatic nitrogens is 2. The molecule has 1 atom stereocenters. The summed E-state index contributed by atoms with van der Waals surface area (Å²) in [4.78, 5) is 32.6. The Balaban J connectivity index is 1.51. The van der Waals surface area contributed by atoms with Crippen LogP contribution in [0.15, 0.2) is 98.5 Å². The Labute approximate surface area is 265 Å². The van der Waals surface area contributed by atoms with Crippen molar-refractivity contribution in [1.82, 2.24) is 9.13 Å². The molecule has 0 aliphatic carbocycles. The molecular formula is C33H27BrClN3O4S. The van der Waals surface area contributed by atoms with Crippen molar-refractivity contribution in [3.8, 4) is 5.75 Å². The van der Waals surface area contributed by atoms with Crippen LogP contribution < -0.4 is 19.6 Å². The number of fused-ring (bicyclic) bond motifs is 2. The predicted molar refractivity (Wildman–Crippen MR) is 174 cm³/mol. The van der Waals surface area contributed by atoms with E-state index in [9.17, 15) is 9.59 Å². The average molecular weight is 677 g/mol. The molecule has 3 heterocycles. The van der Waals surface area contributed by atoms with Crippen molar-refractivity contribution in [2.75, 3.05) is 13.7 Å². The number of benzene rings is 3. The van der Waals surface area contributed by atoms with Gasteiger partial charge in [-0.05, 0) is 77.3 Å². The summed E-state index contributed by atoms with van der Waals surface area (Å²) in [5.74, 6) is 0.143. The Morgan fingerprint density at radius 1 is 1.14 bits per heavy atom. The van der Waals surface area contributed by atoms with E-state index in [1.165, 1.54) is 11.3 Å². The number of halogens is 2. The number of para-hydroxylation sites is 1. The Kier molecular flexibility index (Phi) is 8.13. The summed E-state index contributed by atoms with van der Waals surface area (Å²) in [5.41, 5.74) is 4.43. The number of esters is 1. The third-order valence-corrected chi connectivity index (χ3v) is 9.24. The molecule has 0 unspecified atom stereocenters.